The topological polar surface area (TPSA) is 50.9 Å². The van der Waals surface area contributed by atoms with Gasteiger partial charge in [-0.15, -0.1) is 0 Å². The Hall–Kier alpha value is -2.20. The van der Waals surface area contributed by atoms with Crippen LogP contribution >= 0.6 is 0 Å². The van der Waals surface area contributed by atoms with Gasteiger partial charge in [0.05, 0.1) is 5.69 Å². The van der Waals surface area contributed by atoms with Crippen LogP contribution in [-0.4, -0.2) is 19.9 Å². The van der Waals surface area contributed by atoms with E-state index in [0.717, 1.165) is 22.0 Å². The van der Waals surface area contributed by atoms with Crippen molar-refractivity contribution in [2.45, 2.75) is 6.10 Å². The Labute approximate surface area is 105 Å². The predicted octanol–water partition coefficient (Wildman–Crippen LogP) is 2.05. The van der Waals surface area contributed by atoms with E-state index < -0.39 is 6.10 Å². The van der Waals surface area contributed by atoms with E-state index in [4.69, 9.17) is 0 Å². The number of benzene rings is 1. The van der Waals surface area contributed by atoms with Crippen molar-refractivity contribution in [3.05, 3.63) is 60.2 Å². The van der Waals surface area contributed by atoms with Crippen LogP contribution in [0.15, 0.2) is 48.9 Å². The average molecular weight is 239 g/mol. The number of fused-ring (bicyclic) bond motifs is 1. The van der Waals surface area contributed by atoms with Crippen LogP contribution in [0.4, 0.5) is 0 Å². The minimum atomic E-state index is -0.689. The van der Waals surface area contributed by atoms with Gasteiger partial charge in [-0.25, -0.2) is 0 Å². The number of aliphatic hydroxyl groups is 1. The van der Waals surface area contributed by atoms with Gasteiger partial charge in [-0.1, -0.05) is 18.2 Å². The number of aliphatic hydroxyl groups excluding tert-OH is 1. The van der Waals surface area contributed by atoms with Crippen molar-refractivity contribution in [3.63, 3.8) is 0 Å². The summed E-state index contributed by atoms with van der Waals surface area (Å²) in [6, 6.07) is 9.63. The smallest absolute Gasteiger partial charge is 0.121 e. The number of hydrogen-bond donors (Lipinski definition) is 1. The summed E-state index contributed by atoms with van der Waals surface area (Å²) in [5.74, 6) is 0. The van der Waals surface area contributed by atoms with Crippen LogP contribution in [0.2, 0.25) is 0 Å². The molecule has 4 nitrogen and oxygen atoms in total. The Morgan fingerprint density at radius 3 is 2.83 bits per heavy atom. The lowest BCUT2D eigenvalue weighted by Gasteiger charge is -2.13. The van der Waals surface area contributed by atoms with Crippen molar-refractivity contribution in [1.82, 2.24) is 14.8 Å². The summed E-state index contributed by atoms with van der Waals surface area (Å²) in [7, 11) is 1.82. The molecular formula is C14H13N3O. The lowest BCUT2D eigenvalue weighted by Crippen LogP contribution is -2.07. The van der Waals surface area contributed by atoms with E-state index in [-0.39, 0.29) is 0 Å². The average Bonchev–Trinajstić information content (AvgIpc) is 2.83. The highest BCUT2D eigenvalue weighted by atomic mass is 16.3. The molecule has 0 radical (unpaired) electrons. The first-order valence-corrected chi connectivity index (χ1v) is 5.76. The molecule has 0 saturated carbocycles. The Balaban J connectivity index is 2.18. The lowest BCUT2D eigenvalue weighted by atomic mass is 10.0. The Morgan fingerprint density at radius 1 is 1.17 bits per heavy atom. The molecule has 2 heterocycles. The second-order valence-corrected chi connectivity index (χ2v) is 4.23. The zero-order valence-electron chi connectivity index (χ0n) is 9.99. The summed E-state index contributed by atoms with van der Waals surface area (Å²) in [5, 5.41) is 16.6. The largest absolute Gasteiger partial charge is 0.382 e. The molecule has 0 aliphatic heterocycles. The lowest BCUT2D eigenvalue weighted by molar-refractivity contribution is 0.211. The van der Waals surface area contributed by atoms with Gasteiger partial charge in [0, 0.05) is 31.0 Å². The SMILES string of the molecule is Cn1nccc1C(O)c1cccc2ccncc12. The zero-order chi connectivity index (χ0) is 12.5. The molecule has 0 spiro atoms. The quantitative estimate of drug-likeness (QED) is 0.744. The van der Waals surface area contributed by atoms with E-state index in [9.17, 15) is 5.11 Å². The van der Waals surface area contributed by atoms with Gasteiger partial charge in [-0.3, -0.25) is 9.67 Å². The molecule has 1 N–H and O–H groups in total. The van der Waals surface area contributed by atoms with Crippen LogP contribution in [0.25, 0.3) is 10.8 Å². The summed E-state index contributed by atoms with van der Waals surface area (Å²) >= 11 is 0. The van der Waals surface area contributed by atoms with E-state index in [1.54, 1.807) is 23.3 Å². The second-order valence-electron chi connectivity index (χ2n) is 4.23. The van der Waals surface area contributed by atoms with Gasteiger partial charge in [-0.2, -0.15) is 5.10 Å². The van der Waals surface area contributed by atoms with E-state index in [2.05, 4.69) is 10.1 Å². The molecule has 0 bridgehead atoms. The minimum Gasteiger partial charge on any atom is -0.382 e. The molecule has 0 saturated heterocycles. The Morgan fingerprint density at radius 2 is 2.06 bits per heavy atom. The minimum absolute atomic E-state index is 0.689. The molecular weight excluding hydrogens is 226 g/mol. The summed E-state index contributed by atoms with van der Waals surface area (Å²) < 4.78 is 1.68. The maximum atomic E-state index is 10.5. The highest BCUT2D eigenvalue weighted by Gasteiger charge is 2.16. The third-order valence-electron chi connectivity index (χ3n) is 3.15. The molecule has 1 unspecified atom stereocenters. The highest BCUT2D eigenvalue weighted by molar-refractivity contribution is 5.85. The molecule has 90 valence electrons. The van der Waals surface area contributed by atoms with Crippen LogP contribution in [-0.2, 0) is 7.05 Å². The first kappa shape index (κ1) is 10.9. The van der Waals surface area contributed by atoms with Crippen LogP contribution in [0.5, 0.6) is 0 Å². The standard InChI is InChI=1S/C14H13N3O/c1-17-13(6-8-16-17)14(18)11-4-2-3-10-5-7-15-9-12(10)11/h2-9,14,18H,1H3. The number of aryl methyl sites for hydroxylation is 1. The molecule has 4 heteroatoms. The van der Waals surface area contributed by atoms with Gasteiger partial charge >= 0.3 is 0 Å². The van der Waals surface area contributed by atoms with E-state index in [0.29, 0.717) is 0 Å². The van der Waals surface area contributed by atoms with Gasteiger partial charge in [0.15, 0.2) is 0 Å². The van der Waals surface area contributed by atoms with Crippen molar-refractivity contribution in [3.8, 4) is 0 Å². The van der Waals surface area contributed by atoms with Gasteiger partial charge < -0.3 is 5.11 Å². The molecule has 0 amide bonds. The first-order valence-electron chi connectivity index (χ1n) is 5.76. The van der Waals surface area contributed by atoms with Gasteiger partial charge in [0.25, 0.3) is 0 Å². The first-order chi connectivity index (χ1) is 8.77. The van der Waals surface area contributed by atoms with Crippen LogP contribution in [0.3, 0.4) is 0 Å². The van der Waals surface area contributed by atoms with Crippen molar-refractivity contribution in [1.29, 1.82) is 0 Å². The van der Waals surface area contributed by atoms with Crippen molar-refractivity contribution < 1.29 is 5.11 Å². The maximum absolute atomic E-state index is 10.5. The van der Waals surface area contributed by atoms with Crippen molar-refractivity contribution >= 4 is 10.8 Å². The van der Waals surface area contributed by atoms with Gasteiger partial charge in [-0.05, 0) is 23.1 Å². The molecule has 1 aromatic carbocycles. The van der Waals surface area contributed by atoms with Crippen LogP contribution in [0.1, 0.15) is 17.4 Å². The number of rotatable bonds is 2. The molecule has 0 aliphatic rings. The van der Waals surface area contributed by atoms with E-state index >= 15 is 0 Å². The van der Waals surface area contributed by atoms with Crippen molar-refractivity contribution in [2.24, 2.45) is 7.05 Å². The summed E-state index contributed by atoms with van der Waals surface area (Å²) in [5.41, 5.74) is 1.62. The third-order valence-corrected chi connectivity index (χ3v) is 3.15. The summed E-state index contributed by atoms with van der Waals surface area (Å²) in [6.45, 7) is 0. The van der Waals surface area contributed by atoms with E-state index in [1.165, 1.54) is 0 Å². The van der Waals surface area contributed by atoms with E-state index in [1.807, 2.05) is 37.4 Å². The Bertz CT molecular complexity index is 685. The summed E-state index contributed by atoms with van der Waals surface area (Å²) in [6.07, 6.45) is 4.53. The monoisotopic (exact) mass is 239 g/mol. The Kier molecular flexibility index (Phi) is 2.57. The van der Waals surface area contributed by atoms with Crippen LogP contribution in [0, 0.1) is 0 Å². The maximum Gasteiger partial charge on any atom is 0.121 e. The number of hydrogen-bond acceptors (Lipinski definition) is 3. The molecule has 2 aromatic heterocycles. The van der Waals surface area contributed by atoms with Gasteiger partial charge in [0.2, 0.25) is 0 Å². The predicted molar refractivity (Wildman–Crippen MR) is 69.0 cm³/mol. The zero-order valence-corrected chi connectivity index (χ0v) is 9.99. The van der Waals surface area contributed by atoms with Crippen molar-refractivity contribution in [2.75, 3.05) is 0 Å². The third kappa shape index (κ3) is 1.67. The normalized spacial score (nSPS) is 12.8. The fourth-order valence-corrected chi connectivity index (χ4v) is 2.19. The molecule has 18 heavy (non-hydrogen) atoms. The highest BCUT2D eigenvalue weighted by Crippen LogP contribution is 2.27. The van der Waals surface area contributed by atoms with Crippen LogP contribution < -0.4 is 0 Å². The van der Waals surface area contributed by atoms with Gasteiger partial charge in [0.1, 0.15) is 6.10 Å². The number of aromatic nitrogens is 3. The fraction of sp³-hybridized carbons (Fsp3) is 0.143. The number of nitrogens with zero attached hydrogens (tertiary/aromatic N) is 3. The summed E-state index contributed by atoms with van der Waals surface area (Å²) in [4.78, 5) is 4.13. The second kappa shape index (κ2) is 4.23. The fourth-order valence-electron chi connectivity index (χ4n) is 2.19. The molecule has 0 aliphatic carbocycles. The molecule has 3 rings (SSSR count). The molecule has 1 atom stereocenters. The molecule has 0 fully saturated rings. The molecule has 3 aromatic rings. The number of pyridine rings is 1.